The number of allylic oxidation sites excluding steroid dienone is 1. The molecule has 0 radical (unpaired) electrons. The van der Waals surface area contributed by atoms with Crippen molar-refractivity contribution in [2.45, 2.75) is 32.1 Å². The van der Waals surface area contributed by atoms with Gasteiger partial charge in [-0.05, 0) is 85.6 Å². The standard InChI is InChI=1S/C25H27NO/c1-26-22-6-4-3-5-20(22)25(21-14-19(27-2)7-8-23(21)26)24-17-10-15-9-16(12-17)13-18(24)11-15/h3-8,14-18H,9-13H2,1-2H3. The molecule has 2 aromatic carbocycles. The molecule has 138 valence electrons. The lowest BCUT2D eigenvalue weighted by Crippen LogP contribution is -2.41. The summed E-state index contributed by atoms with van der Waals surface area (Å²) >= 11 is 0. The van der Waals surface area contributed by atoms with E-state index in [0.29, 0.717) is 0 Å². The van der Waals surface area contributed by atoms with Crippen molar-refractivity contribution in [2.75, 3.05) is 19.1 Å². The minimum Gasteiger partial charge on any atom is -0.497 e. The highest BCUT2D eigenvalue weighted by Crippen LogP contribution is 2.60. The van der Waals surface area contributed by atoms with Gasteiger partial charge in [-0.15, -0.1) is 0 Å². The highest BCUT2D eigenvalue weighted by molar-refractivity contribution is 5.99. The van der Waals surface area contributed by atoms with Crippen molar-refractivity contribution in [3.8, 4) is 5.75 Å². The zero-order valence-corrected chi connectivity index (χ0v) is 16.2. The van der Waals surface area contributed by atoms with Crippen LogP contribution in [-0.4, -0.2) is 14.2 Å². The van der Waals surface area contributed by atoms with Gasteiger partial charge >= 0.3 is 0 Å². The maximum atomic E-state index is 5.62. The Bertz CT molecular complexity index is 927. The summed E-state index contributed by atoms with van der Waals surface area (Å²) in [6.45, 7) is 0. The Morgan fingerprint density at radius 3 is 2.19 bits per heavy atom. The summed E-state index contributed by atoms with van der Waals surface area (Å²) in [7, 11) is 3.97. The lowest BCUT2D eigenvalue weighted by Gasteiger charge is -2.52. The molecule has 4 fully saturated rings. The maximum absolute atomic E-state index is 5.62. The summed E-state index contributed by atoms with van der Waals surface area (Å²) in [6.07, 6.45) is 7.18. The Kier molecular flexibility index (Phi) is 3.30. The fraction of sp³-hybridized carbons (Fsp3) is 0.440. The highest BCUT2D eigenvalue weighted by atomic mass is 16.5. The molecule has 4 bridgehead atoms. The first-order chi connectivity index (χ1) is 13.2. The van der Waals surface area contributed by atoms with Crippen LogP contribution in [0.15, 0.2) is 48.0 Å². The number of methoxy groups -OCH3 is 1. The predicted octanol–water partition coefficient (Wildman–Crippen LogP) is 6.03. The highest BCUT2D eigenvalue weighted by Gasteiger charge is 2.47. The molecule has 2 aromatic rings. The van der Waals surface area contributed by atoms with Gasteiger partial charge in [0.15, 0.2) is 0 Å². The molecule has 0 saturated heterocycles. The Balaban J connectivity index is 1.64. The van der Waals surface area contributed by atoms with Gasteiger partial charge in [0.1, 0.15) is 5.75 Å². The molecule has 0 spiro atoms. The first kappa shape index (κ1) is 15.8. The number of anilines is 2. The van der Waals surface area contributed by atoms with Crippen LogP contribution in [0.2, 0.25) is 0 Å². The fourth-order valence-electron chi connectivity index (χ4n) is 6.80. The largest absolute Gasteiger partial charge is 0.497 e. The fourth-order valence-corrected chi connectivity index (χ4v) is 6.80. The summed E-state index contributed by atoms with van der Waals surface area (Å²) < 4.78 is 5.62. The summed E-state index contributed by atoms with van der Waals surface area (Å²) in [4.78, 5) is 2.35. The molecular weight excluding hydrogens is 330 g/mol. The molecule has 4 aliphatic carbocycles. The average Bonchev–Trinajstić information content (AvgIpc) is 2.69. The Hall–Kier alpha value is -2.22. The average molecular weight is 357 g/mol. The van der Waals surface area contributed by atoms with Gasteiger partial charge in [-0.2, -0.15) is 0 Å². The van der Waals surface area contributed by atoms with E-state index in [-0.39, 0.29) is 0 Å². The smallest absolute Gasteiger partial charge is 0.119 e. The van der Waals surface area contributed by atoms with Gasteiger partial charge in [-0.1, -0.05) is 23.8 Å². The van der Waals surface area contributed by atoms with Gasteiger partial charge in [0.05, 0.1) is 7.11 Å². The van der Waals surface area contributed by atoms with E-state index in [1.807, 2.05) is 0 Å². The number of para-hydroxylation sites is 1. The first-order valence-corrected chi connectivity index (χ1v) is 10.5. The third-order valence-corrected chi connectivity index (χ3v) is 7.68. The molecule has 5 aliphatic rings. The summed E-state index contributed by atoms with van der Waals surface area (Å²) in [5.41, 5.74) is 8.75. The van der Waals surface area contributed by atoms with Crippen LogP contribution in [0.3, 0.4) is 0 Å². The van der Waals surface area contributed by atoms with Crippen molar-refractivity contribution >= 4 is 16.9 Å². The molecule has 0 aromatic heterocycles. The molecule has 2 heteroatoms. The third kappa shape index (κ3) is 2.19. The number of rotatable bonds is 1. The molecule has 4 saturated carbocycles. The lowest BCUT2D eigenvalue weighted by molar-refractivity contribution is 0.0705. The topological polar surface area (TPSA) is 12.5 Å². The van der Waals surface area contributed by atoms with Gasteiger partial charge in [0.2, 0.25) is 0 Å². The van der Waals surface area contributed by atoms with Crippen molar-refractivity contribution in [1.29, 1.82) is 0 Å². The van der Waals surface area contributed by atoms with Crippen LogP contribution < -0.4 is 9.64 Å². The molecule has 7 rings (SSSR count). The predicted molar refractivity (Wildman–Crippen MR) is 111 cm³/mol. The van der Waals surface area contributed by atoms with Crippen LogP contribution in [-0.2, 0) is 0 Å². The second kappa shape index (κ2) is 5.64. The van der Waals surface area contributed by atoms with Gasteiger partial charge in [0, 0.05) is 29.5 Å². The Morgan fingerprint density at radius 2 is 1.48 bits per heavy atom. The van der Waals surface area contributed by atoms with Crippen LogP contribution >= 0.6 is 0 Å². The monoisotopic (exact) mass is 357 g/mol. The number of hydrogen-bond acceptors (Lipinski definition) is 2. The van der Waals surface area contributed by atoms with E-state index in [2.05, 4.69) is 54.4 Å². The number of fused-ring (bicyclic) bond motifs is 2. The number of nitrogens with zero attached hydrogens (tertiary/aromatic N) is 1. The molecule has 2 nitrogen and oxygen atoms in total. The molecule has 27 heavy (non-hydrogen) atoms. The van der Waals surface area contributed by atoms with Gasteiger partial charge in [-0.3, -0.25) is 0 Å². The van der Waals surface area contributed by atoms with Crippen molar-refractivity contribution in [3.63, 3.8) is 0 Å². The first-order valence-electron chi connectivity index (χ1n) is 10.5. The third-order valence-electron chi connectivity index (χ3n) is 7.68. The Labute approximate surface area is 161 Å². The molecule has 0 amide bonds. The van der Waals surface area contributed by atoms with Crippen LogP contribution in [0.1, 0.15) is 43.2 Å². The number of benzene rings is 2. The SMILES string of the molecule is COc1ccc2c(c1)C(=C1C3CC4CC(C3)CC1C4)c1ccccc1N2C. The van der Waals surface area contributed by atoms with Crippen LogP contribution in [0.5, 0.6) is 5.75 Å². The van der Waals surface area contributed by atoms with Crippen molar-refractivity contribution < 1.29 is 4.74 Å². The van der Waals surface area contributed by atoms with E-state index < -0.39 is 0 Å². The van der Waals surface area contributed by atoms with Gasteiger partial charge in [-0.25, -0.2) is 0 Å². The Morgan fingerprint density at radius 1 is 0.815 bits per heavy atom. The van der Waals surface area contributed by atoms with E-state index in [4.69, 9.17) is 4.74 Å². The molecular formula is C25H27NO. The quantitative estimate of drug-likeness (QED) is 0.617. The molecule has 0 atom stereocenters. The van der Waals surface area contributed by atoms with E-state index in [1.54, 1.807) is 12.7 Å². The normalized spacial score (nSPS) is 30.4. The summed E-state index contributed by atoms with van der Waals surface area (Å²) in [5, 5.41) is 0. The van der Waals surface area contributed by atoms with Crippen LogP contribution in [0, 0.1) is 23.7 Å². The number of hydrogen-bond donors (Lipinski definition) is 0. The summed E-state index contributed by atoms with van der Waals surface area (Å²) in [6, 6.07) is 15.6. The molecule has 0 unspecified atom stereocenters. The van der Waals surface area contributed by atoms with Crippen molar-refractivity contribution in [3.05, 3.63) is 59.2 Å². The second-order valence-electron chi connectivity index (χ2n) is 9.09. The number of ether oxygens (including phenoxy) is 1. The van der Waals surface area contributed by atoms with Crippen LogP contribution in [0.4, 0.5) is 11.4 Å². The lowest BCUT2D eigenvalue weighted by atomic mass is 9.53. The van der Waals surface area contributed by atoms with E-state index in [0.717, 1.165) is 29.4 Å². The van der Waals surface area contributed by atoms with Crippen molar-refractivity contribution in [2.24, 2.45) is 23.7 Å². The second-order valence-corrected chi connectivity index (χ2v) is 9.09. The van der Waals surface area contributed by atoms with Gasteiger partial charge < -0.3 is 9.64 Å². The zero-order chi connectivity index (χ0) is 18.1. The molecule has 1 heterocycles. The van der Waals surface area contributed by atoms with E-state index in [1.165, 1.54) is 60.2 Å². The molecule has 1 aliphatic heterocycles. The van der Waals surface area contributed by atoms with Crippen LogP contribution in [0.25, 0.3) is 5.57 Å². The minimum atomic E-state index is 0.798. The van der Waals surface area contributed by atoms with Gasteiger partial charge in [0.25, 0.3) is 0 Å². The van der Waals surface area contributed by atoms with Crippen molar-refractivity contribution in [1.82, 2.24) is 0 Å². The maximum Gasteiger partial charge on any atom is 0.119 e. The zero-order valence-electron chi connectivity index (χ0n) is 16.2. The molecule has 0 N–H and O–H groups in total. The van der Waals surface area contributed by atoms with E-state index >= 15 is 0 Å². The minimum absolute atomic E-state index is 0.798. The van der Waals surface area contributed by atoms with E-state index in [9.17, 15) is 0 Å². The summed E-state index contributed by atoms with van der Waals surface area (Å²) in [5.74, 6) is 4.54.